The maximum Gasteiger partial charge on any atom is 0.421 e. The Morgan fingerprint density at radius 1 is 1.23 bits per heavy atom. The van der Waals surface area contributed by atoms with Crippen LogP contribution in [0.2, 0.25) is 5.02 Å². The highest BCUT2D eigenvalue weighted by Crippen LogP contribution is 2.38. The van der Waals surface area contributed by atoms with Gasteiger partial charge in [-0.05, 0) is 42.7 Å². The number of ether oxygens (including phenoxy) is 2. The van der Waals surface area contributed by atoms with Crippen LogP contribution in [0.1, 0.15) is 45.1 Å². The Hall–Kier alpha value is -3.81. The summed E-state index contributed by atoms with van der Waals surface area (Å²) in [5.74, 6) is -0.900. The molecule has 226 valence electrons. The van der Waals surface area contributed by atoms with Crippen LogP contribution in [-0.2, 0) is 43.6 Å². The zero-order valence-corrected chi connectivity index (χ0v) is 23.8. The van der Waals surface area contributed by atoms with Gasteiger partial charge in [0.1, 0.15) is 29.5 Å². The average molecular weight is 619 g/mol. The SMILES string of the molecule is CNC(=O)c1cc2nc(CN3CCc4cc(C(F)(F)F)c(OCc5ccc(Cl)cc5F)nc4C3)n(C[C@@H]3CCO3)c2cn1. The smallest absolute Gasteiger partial charge is 0.421 e. The number of carbonyl (C=O) groups is 1. The molecule has 1 fully saturated rings. The summed E-state index contributed by atoms with van der Waals surface area (Å²) in [6.45, 7) is 1.92. The monoisotopic (exact) mass is 618 g/mol. The minimum atomic E-state index is -4.71. The zero-order valence-electron chi connectivity index (χ0n) is 23.0. The Labute approximate surface area is 248 Å². The quantitative estimate of drug-likeness (QED) is 0.280. The van der Waals surface area contributed by atoms with Crippen molar-refractivity contribution >= 4 is 28.5 Å². The van der Waals surface area contributed by atoms with Crippen LogP contribution >= 0.6 is 11.6 Å². The number of amides is 1. The molecule has 0 radical (unpaired) electrons. The maximum atomic E-state index is 14.3. The van der Waals surface area contributed by atoms with Crippen molar-refractivity contribution < 1.29 is 31.8 Å². The standard InChI is InChI=1S/C29H27ClF4N6O3/c1-35-27(41)23-10-22-25(11-36-23)40(12-19-5-7-42-19)26(37-22)14-39-6-4-16-8-20(29(32,33)34)28(38-24(16)13-39)43-15-17-2-3-18(30)9-21(17)31/h2-3,8-11,19H,4-7,12-15H2,1H3,(H,35,41)/t19-/m0/s1. The normalized spacial score (nSPS) is 17.0. The molecule has 1 aromatic carbocycles. The summed E-state index contributed by atoms with van der Waals surface area (Å²) in [6, 6.07) is 6.57. The predicted octanol–water partition coefficient (Wildman–Crippen LogP) is 4.92. The lowest BCUT2D eigenvalue weighted by molar-refractivity contribution is -0.139. The van der Waals surface area contributed by atoms with Crippen molar-refractivity contribution in [3.63, 3.8) is 0 Å². The van der Waals surface area contributed by atoms with E-state index < -0.39 is 30.0 Å². The summed E-state index contributed by atoms with van der Waals surface area (Å²) in [4.78, 5) is 27.5. The molecule has 1 N–H and O–H groups in total. The minimum absolute atomic E-state index is 0.0319. The predicted molar refractivity (Wildman–Crippen MR) is 148 cm³/mol. The van der Waals surface area contributed by atoms with E-state index in [1.54, 1.807) is 12.3 Å². The Morgan fingerprint density at radius 2 is 2.05 bits per heavy atom. The molecular formula is C29H27ClF4N6O3. The van der Waals surface area contributed by atoms with Gasteiger partial charge in [-0.15, -0.1) is 0 Å². The number of benzene rings is 1. The van der Waals surface area contributed by atoms with E-state index in [2.05, 4.69) is 15.3 Å². The van der Waals surface area contributed by atoms with E-state index in [0.717, 1.165) is 24.1 Å². The van der Waals surface area contributed by atoms with Gasteiger partial charge in [-0.25, -0.2) is 19.3 Å². The molecule has 1 saturated heterocycles. The number of hydrogen-bond donors (Lipinski definition) is 1. The van der Waals surface area contributed by atoms with Crippen LogP contribution in [-0.4, -0.2) is 56.6 Å². The van der Waals surface area contributed by atoms with Crippen LogP contribution in [0.3, 0.4) is 0 Å². The second-order valence-electron chi connectivity index (χ2n) is 10.5. The van der Waals surface area contributed by atoms with Gasteiger partial charge < -0.3 is 19.4 Å². The summed E-state index contributed by atoms with van der Waals surface area (Å²) >= 11 is 5.79. The van der Waals surface area contributed by atoms with Gasteiger partial charge in [-0.3, -0.25) is 9.69 Å². The highest BCUT2D eigenvalue weighted by Gasteiger charge is 2.37. The maximum absolute atomic E-state index is 14.3. The fraction of sp³-hybridized carbons (Fsp3) is 0.379. The molecule has 1 atom stereocenters. The Bertz CT molecular complexity index is 1690. The highest BCUT2D eigenvalue weighted by molar-refractivity contribution is 6.30. The molecule has 2 aliphatic heterocycles. The average Bonchev–Trinajstić information content (AvgIpc) is 3.28. The molecule has 6 rings (SSSR count). The van der Waals surface area contributed by atoms with Crippen molar-refractivity contribution in [3.05, 3.63) is 81.3 Å². The van der Waals surface area contributed by atoms with E-state index in [0.29, 0.717) is 55.3 Å². The number of pyridine rings is 2. The molecule has 0 saturated carbocycles. The first-order valence-corrected chi connectivity index (χ1v) is 14.0. The summed E-state index contributed by atoms with van der Waals surface area (Å²) in [5.41, 5.74) is 1.59. The Morgan fingerprint density at radius 3 is 2.74 bits per heavy atom. The molecule has 4 aromatic rings. The summed E-state index contributed by atoms with van der Waals surface area (Å²) in [7, 11) is 1.53. The summed E-state index contributed by atoms with van der Waals surface area (Å²) in [6.07, 6.45) is -1.80. The van der Waals surface area contributed by atoms with Gasteiger partial charge in [0.25, 0.3) is 5.91 Å². The molecule has 0 unspecified atom stereocenters. The van der Waals surface area contributed by atoms with Gasteiger partial charge in [-0.1, -0.05) is 17.7 Å². The number of fused-ring (bicyclic) bond motifs is 2. The lowest BCUT2D eigenvalue weighted by atomic mass is 10.0. The highest BCUT2D eigenvalue weighted by atomic mass is 35.5. The number of alkyl halides is 3. The fourth-order valence-corrected chi connectivity index (χ4v) is 5.37. The van der Waals surface area contributed by atoms with E-state index in [1.807, 2.05) is 9.47 Å². The van der Waals surface area contributed by atoms with E-state index in [4.69, 9.17) is 26.1 Å². The van der Waals surface area contributed by atoms with Crippen molar-refractivity contribution in [2.75, 3.05) is 20.2 Å². The van der Waals surface area contributed by atoms with Crippen LogP contribution in [0, 0.1) is 5.82 Å². The second kappa shape index (κ2) is 11.7. The third-order valence-electron chi connectivity index (χ3n) is 7.63. The second-order valence-corrected chi connectivity index (χ2v) is 10.9. The first-order valence-electron chi connectivity index (χ1n) is 13.7. The Kier molecular flexibility index (Phi) is 7.96. The van der Waals surface area contributed by atoms with Crippen LogP contribution in [0.15, 0.2) is 36.5 Å². The topological polar surface area (TPSA) is 94.4 Å². The lowest BCUT2D eigenvalue weighted by Gasteiger charge is -2.30. The third kappa shape index (κ3) is 6.15. The molecular weight excluding hydrogens is 592 g/mol. The van der Waals surface area contributed by atoms with Crippen LogP contribution in [0.4, 0.5) is 17.6 Å². The van der Waals surface area contributed by atoms with E-state index in [-0.39, 0.29) is 34.8 Å². The number of hydrogen-bond acceptors (Lipinski definition) is 7. The van der Waals surface area contributed by atoms with Crippen LogP contribution < -0.4 is 10.1 Å². The van der Waals surface area contributed by atoms with Gasteiger partial charge in [0.05, 0.1) is 42.1 Å². The first kappa shape index (κ1) is 29.3. The van der Waals surface area contributed by atoms with Gasteiger partial charge in [0, 0.05) is 37.3 Å². The third-order valence-corrected chi connectivity index (χ3v) is 7.86. The lowest BCUT2D eigenvalue weighted by Crippen LogP contribution is -2.34. The van der Waals surface area contributed by atoms with Crippen molar-refractivity contribution in [3.8, 4) is 5.88 Å². The van der Waals surface area contributed by atoms with Gasteiger partial charge in [0.2, 0.25) is 5.88 Å². The number of nitrogens with one attached hydrogen (secondary N) is 1. The Balaban J connectivity index is 1.27. The molecule has 0 bridgehead atoms. The molecule has 1 amide bonds. The van der Waals surface area contributed by atoms with Crippen molar-refractivity contribution in [1.29, 1.82) is 0 Å². The molecule has 2 aliphatic rings. The number of halogens is 5. The fourth-order valence-electron chi connectivity index (χ4n) is 5.21. The zero-order chi connectivity index (χ0) is 30.3. The molecule has 9 nitrogen and oxygen atoms in total. The number of nitrogens with zero attached hydrogens (tertiary/aromatic N) is 5. The van der Waals surface area contributed by atoms with Gasteiger partial charge in [-0.2, -0.15) is 13.2 Å². The molecule has 43 heavy (non-hydrogen) atoms. The van der Waals surface area contributed by atoms with E-state index >= 15 is 0 Å². The van der Waals surface area contributed by atoms with E-state index in [9.17, 15) is 22.4 Å². The molecule has 3 aromatic heterocycles. The molecule has 5 heterocycles. The number of aromatic nitrogens is 4. The van der Waals surface area contributed by atoms with Gasteiger partial charge in [0.15, 0.2) is 0 Å². The van der Waals surface area contributed by atoms with Crippen molar-refractivity contribution in [1.82, 2.24) is 29.7 Å². The summed E-state index contributed by atoms with van der Waals surface area (Å²) in [5, 5.41) is 2.73. The summed E-state index contributed by atoms with van der Waals surface area (Å²) < 4.78 is 69.2. The first-order chi connectivity index (χ1) is 20.6. The van der Waals surface area contributed by atoms with Crippen LogP contribution in [0.25, 0.3) is 11.0 Å². The van der Waals surface area contributed by atoms with Crippen molar-refractivity contribution in [2.24, 2.45) is 0 Å². The van der Waals surface area contributed by atoms with Gasteiger partial charge >= 0.3 is 6.18 Å². The minimum Gasteiger partial charge on any atom is -0.472 e. The largest absolute Gasteiger partial charge is 0.472 e. The molecule has 14 heteroatoms. The molecule has 0 aliphatic carbocycles. The number of carbonyl (C=O) groups excluding carboxylic acids is 1. The number of imidazole rings is 1. The number of rotatable bonds is 8. The molecule has 0 spiro atoms. The van der Waals surface area contributed by atoms with Crippen molar-refractivity contribution in [2.45, 2.75) is 51.4 Å². The van der Waals surface area contributed by atoms with E-state index in [1.165, 1.54) is 19.2 Å². The van der Waals surface area contributed by atoms with Crippen LogP contribution in [0.5, 0.6) is 5.88 Å².